The van der Waals surface area contributed by atoms with Crippen LogP contribution in [0.2, 0.25) is 0 Å². The molecule has 2 nitrogen and oxygen atoms in total. The maximum absolute atomic E-state index is 6.48. The topological polar surface area (TPSA) is 16.4 Å². The summed E-state index contributed by atoms with van der Waals surface area (Å²) in [7, 11) is 0. The van der Waals surface area contributed by atoms with Crippen molar-refractivity contribution in [3.63, 3.8) is 0 Å². The van der Waals surface area contributed by atoms with Gasteiger partial charge in [-0.1, -0.05) is 123 Å². The van der Waals surface area contributed by atoms with Gasteiger partial charge in [0, 0.05) is 22.2 Å². The SMILES string of the molecule is CC1(C)c2ccc(-c3ccccc3)cc2-c2ccc(N(c3ccccc3)c3cccc4oc5ccc(-c6ccccc6)cc5c34)cc21. The predicted molar refractivity (Wildman–Crippen MR) is 197 cm³/mol. The quantitative estimate of drug-likeness (QED) is 0.195. The molecule has 224 valence electrons. The second kappa shape index (κ2) is 10.6. The summed E-state index contributed by atoms with van der Waals surface area (Å²) >= 11 is 0. The van der Waals surface area contributed by atoms with E-state index in [9.17, 15) is 0 Å². The first kappa shape index (κ1) is 27.5. The van der Waals surface area contributed by atoms with E-state index in [1.807, 2.05) is 0 Å². The highest BCUT2D eigenvalue weighted by Crippen LogP contribution is 2.52. The summed E-state index contributed by atoms with van der Waals surface area (Å²) in [5.74, 6) is 0. The summed E-state index contributed by atoms with van der Waals surface area (Å²) in [6, 6.07) is 58.8. The van der Waals surface area contributed by atoms with Gasteiger partial charge in [-0.15, -0.1) is 0 Å². The second-order valence-electron chi connectivity index (χ2n) is 13.0. The van der Waals surface area contributed by atoms with Crippen molar-refractivity contribution < 1.29 is 4.42 Å². The van der Waals surface area contributed by atoms with Crippen molar-refractivity contribution in [2.75, 3.05) is 4.90 Å². The van der Waals surface area contributed by atoms with Crippen LogP contribution in [-0.2, 0) is 5.41 Å². The third-order valence-electron chi connectivity index (χ3n) is 9.86. The Morgan fingerprint density at radius 2 is 1.11 bits per heavy atom. The normalized spacial score (nSPS) is 13.1. The Hall–Kier alpha value is -5.86. The van der Waals surface area contributed by atoms with Crippen LogP contribution in [0.5, 0.6) is 0 Å². The second-order valence-corrected chi connectivity index (χ2v) is 13.0. The molecule has 47 heavy (non-hydrogen) atoms. The smallest absolute Gasteiger partial charge is 0.137 e. The Bertz CT molecular complexity index is 2420. The summed E-state index contributed by atoms with van der Waals surface area (Å²) in [4.78, 5) is 2.39. The van der Waals surface area contributed by atoms with Crippen LogP contribution >= 0.6 is 0 Å². The number of fused-ring (bicyclic) bond motifs is 6. The Labute approximate surface area is 275 Å². The van der Waals surface area contributed by atoms with Gasteiger partial charge in [0.25, 0.3) is 0 Å². The van der Waals surface area contributed by atoms with E-state index in [1.165, 1.54) is 44.5 Å². The molecule has 0 radical (unpaired) electrons. The number of anilines is 3. The first-order chi connectivity index (χ1) is 23.1. The average Bonchev–Trinajstić information content (AvgIpc) is 3.61. The van der Waals surface area contributed by atoms with E-state index in [4.69, 9.17) is 4.42 Å². The van der Waals surface area contributed by atoms with Gasteiger partial charge >= 0.3 is 0 Å². The Balaban J connectivity index is 1.24. The molecule has 1 aliphatic carbocycles. The van der Waals surface area contributed by atoms with Crippen LogP contribution in [-0.4, -0.2) is 0 Å². The van der Waals surface area contributed by atoms with Crippen LogP contribution in [0.15, 0.2) is 168 Å². The summed E-state index contributed by atoms with van der Waals surface area (Å²) in [5.41, 5.74) is 15.1. The lowest BCUT2D eigenvalue weighted by atomic mass is 9.82. The molecule has 1 heterocycles. The molecule has 0 amide bonds. The van der Waals surface area contributed by atoms with Gasteiger partial charge in [-0.3, -0.25) is 0 Å². The van der Waals surface area contributed by atoms with Gasteiger partial charge in [-0.2, -0.15) is 0 Å². The molecule has 0 atom stereocenters. The van der Waals surface area contributed by atoms with E-state index < -0.39 is 0 Å². The van der Waals surface area contributed by atoms with Gasteiger partial charge in [0.15, 0.2) is 0 Å². The largest absolute Gasteiger partial charge is 0.456 e. The molecule has 1 aromatic heterocycles. The summed E-state index contributed by atoms with van der Waals surface area (Å²) in [6.45, 7) is 4.71. The molecule has 1 aliphatic rings. The van der Waals surface area contributed by atoms with Gasteiger partial charge in [-0.05, 0) is 99.1 Å². The molecule has 0 spiro atoms. The summed E-state index contributed by atoms with van der Waals surface area (Å²) in [6.07, 6.45) is 0. The molecule has 0 N–H and O–H groups in total. The molecule has 2 heteroatoms. The van der Waals surface area contributed by atoms with Crippen LogP contribution < -0.4 is 4.90 Å². The van der Waals surface area contributed by atoms with E-state index in [0.29, 0.717) is 0 Å². The highest BCUT2D eigenvalue weighted by atomic mass is 16.3. The lowest BCUT2D eigenvalue weighted by molar-refractivity contribution is 0.660. The Morgan fingerprint density at radius 3 is 1.83 bits per heavy atom. The number of nitrogens with zero attached hydrogens (tertiary/aromatic N) is 1. The first-order valence-electron chi connectivity index (χ1n) is 16.3. The minimum Gasteiger partial charge on any atom is -0.456 e. The average molecular weight is 604 g/mol. The first-order valence-corrected chi connectivity index (χ1v) is 16.3. The Kier molecular flexibility index (Phi) is 6.20. The number of rotatable bonds is 5. The number of benzene rings is 7. The molecule has 0 saturated heterocycles. The lowest BCUT2D eigenvalue weighted by Gasteiger charge is -2.28. The number of para-hydroxylation sites is 1. The molecule has 0 aliphatic heterocycles. The van der Waals surface area contributed by atoms with Crippen LogP contribution in [0, 0.1) is 0 Å². The van der Waals surface area contributed by atoms with Crippen LogP contribution in [0.4, 0.5) is 17.1 Å². The van der Waals surface area contributed by atoms with Crippen molar-refractivity contribution in [3.8, 4) is 33.4 Å². The molecular weight excluding hydrogens is 571 g/mol. The highest BCUT2D eigenvalue weighted by Gasteiger charge is 2.36. The van der Waals surface area contributed by atoms with E-state index >= 15 is 0 Å². The van der Waals surface area contributed by atoms with Crippen molar-refractivity contribution in [1.82, 2.24) is 0 Å². The fourth-order valence-electron chi connectivity index (χ4n) is 7.50. The Morgan fingerprint density at radius 1 is 0.447 bits per heavy atom. The maximum atomic E-state index is 6.48. The van der Waals surface area contributed by atoms with Gasteiger partial charge in [0.1, 0.15) is 11.2 Å². The van der Waals surface area contributed by atoms with E-state index in [1.54, 1.807) is 0 Å². The molecular formula is C45H33NO. The molecule has 8 aromatic rings. The van der Waals surface area contributed by atoms with E-state index in [-0.39, 0.29) is 5.41 Å². The minimum absolute atomic E-state index is 0.142. The van der Waals surface area contributed by atoms with Crippen LogP contribution in [0.3, 0.4) is 0 Å². The number of furan rings is 1. The zero-order valence-corrected chi connectivity index (χ0v) is 26.4. The summed E-state index contributed by atoms with van der Waals surface area (Å²) < 4.78 is 6.48. The zero-order valence-electron chi connectivity index (χ0n) is 26.4. The van der Waals surface area contributed by atoms with Crippen molar-refractivity contribution in [2.24, 2.45) is 0 Å². The minimum atomic E-state index is -0.142. The van der Waals surface area contributed by atoms with Crippen molar-refractivity contribution in [1.29, 1.82) is 0 Å². The maximum Gasteiger partial charge on any atom is 0.137 e. The van der Waals surface area contributed by atoms with Gasteiger partial charge in [-0.25, -0.2) is 0 Å². The molecule has 0 saturated carbocycles. The monoisotopic (exact) mass is 603 g/mol. The van der Waals surface area contributed by atoms with Crippen LogP contribution in [0.25, 0.3) is 55.3 Å². The van der Waals surface area contributed by atoms with Crippen LogP contribution in [0.1, 0.15) is 25.0 Å². The third-order valence-corrected chi connectivity index (χ3v) is 9.86. The molecule has 0 fully saturated rings. The lowest BCUT2D eigenvalue weighted by Crippen LogP contribution is -2.16. The van der Waals surface area contributed by atoms with Crippen molar-refractivity contribution >= 4 is 39.0 Å². The van der Waals surface area contributed by atoms with Gasteiger partial charge in [0.2, 0.25) is 0 Å². The highest BCUT2D eigenvalue weighted by molar-refractivity contribution is 6.14. The molecule has 9 rings (SSSR count). The van der Waals surface area contributed by atoms with E-state index in [0.717, 1.165) is 39.0 Å². The number of hydrogen-bond acceptors (Lipinski definition) is 2. The molecule has 7 aromatic carbocycles. The fraction of sp³-hybridized carbons (Fsp3) is 0.0667. The van der Waals surface area contributed by atoms with Gasteiger partial charge in [0.05, 0.1) is 11.1 Å². The van der Waals surface area contributed by atoms with Gasteiger partial charge < -0.3 is 9.32 Å². The molecule has 0 bridgehead atoms. The number of hydrogen-bond donors (Lipinski definition) is 0. The van der Waals surface area contributed by atoms with E-state index in [2.05, 4.69) is 183 Å². The predicted octanol–water partition coefficient (Wildman–Crippen LogP) is 12.7. The van der Waals surface area contributed by atoms with Crippen molar-refractivity contribution in [3.05, 3.63) is 175 Å². The zero-order chi connectivity index (χ0) is 31.5. The fourth-order valence-corrected chi connectivity index (χ4v) is 7.50. The summed E-state index contributed by atoms with van der Waals surface area (Å²) in [5, 5.41) is 2.22. The standard InChI is InChI=1S/C45H33NO/c1-45(2)39-25-21-32(30-13-6-3-7-14-30)27-37(39)36-24-23-35(29-40(36)45)46(34-17-10-5-11-18-34)41-19-12-20-43-44(41)38-28-33(22-26-42(38)47-43)31-15-8-4-9-16-31/h3-29H,1-2H3. The van der Waals surface area contributed by atoms with Crippen molar-refractivity contribution in [2.45, 2.75) is 19.3 Å². The molecule has 0 unspecified atom stereocenters. The third kappa shape index (κ3) is 4.40.